The molecule has 0 bridgehead atoms. The molecule has 0 heterocycles. The minimum atomic E-state index is -0.0336. The van der Waals surface area contributed by atoms with Gasteiger partial charge in [0.05, 0.1) is 21.6 Å². The highest BCUT2D eigenvalue weighted by molar-refractivity contribution is 9.11. The fraction of sp³-hybridized carbons (Fsp3) is 0.133. The largest absolute Gasteiger partial charge is 0.496 e. The highest BCUT2D eigenvalue weighted by Gasteiger charge is 2.13. The maximum Gasteiger partial charge on any atom is 0.143 e. The Bertz CT molecular complexity index is 702. The van der Waals surface area contributed by atoms with E-state index in [0.717, 1.165) is 14.5 Å². The lowest BCUT2D eigenvalue weighted by Crippen LogP contribution is -2.12. The minimum absolute atomic E-state index is 0.0336. The molecule has 0 spiro atoms. The molecule has 2 rings (SSSR count). The van der Waals surface area contributed by atoms with Gasteiger partial charge in [0.25, 0.3) is 0 Å². The monoisotopic (exact) mass is 412 g/mol. The molecule has 0 radical (unpaired) electrons. The SMILES string of the molecule is COc1cc(Br)c(Oc2cc(C)ccc2C(=N)N)cc1Br. The van der Waals surface area contributed by atoms with Gasteiger partial charge in [-0.1, -0.05) is 6.07 Å². The first-order chi connectivity index (χ1) is 9.92. The predicted octanol–water partition coefficient (Wildman–Crippen LogP) is 4.60. The highest BCUT2D eigenvalue weighted by atomic mass is 79.9. The molecule has 0 saturated heterocycles. The Kier molecular flexibility index (Phi) is 4.90. The molecule has 0 saturated carbocycles. The van der Waals surface area contributed by atoms with Gasteiger partial charge >= 0.3 is 0 Å². The summed E-state index contributed by atoms with van der Waals surface area (Å²) in [6.45, 7) is 1.95. The highest BCUT2D eigenvalue weighted by Crippen LogP contribution is 2.39. The third-order valence-corrected chi connectivity index (χ3v) is 4.09. The van der Waals surface area contributed by atoms with Crippen LogP contribution in [0.4, 0.5) is 0 Å². The molecule has 4 nitrogen and oxygen atoms in total. The van der Waals surface area contributed by atoms with Crippen molar-refractivity contribution in [2.75, 3.05) is 7.11 Å². The zero-order chi connectivity index (χ0) is 15.6. The van der Waals surface area contributed by atoms with Crippen LogP contribution in [-0.4, -0.2) is 12.9 Å². The molecule has 3 N–H and O–H groups in total. The molecule has 110 valence electrons. The zero-order valence-electron chi connectivity index (χ0n) is 11.5. The lowest BCUT2D eigenvalue weighted by molar-refractivity contribution is 0.409. The van der Waals surface area contributed by atoms with Crippen LogP contribution in [0.25, 0.3) is 0 Å². The van der Waals surface area contributed by atoms with Crippen molar-refractivity contribution in [1.29, 1.82) is 5.41 Å². The second kappa shape index (κ2) is 6.49. The number of hydrogen-bond acceptors (Lipinski definition) is 3. The van der Waals surface area contributed by atoms with Crippen molar-refractivity contribution in [3.8, 4) is 17.2 Å². The molecule has 2 aromatic carbocycles. The van der Waals surface area contributed by atoms with E-state index in [1.165, 1.54) is 0 Å². The Morgan fingerprint density at radius 3 is 2.29 bits per heavy atom. The van der Waals surface area contributed by atoms with Gasteiger partial charge in [-0.2, -0.15) is 0 Å². The van der Waals surface area contributed by atoms with Gasteiger partial charge in [0, 0.05) is 0 Å². The number of nitrogens with two attached hydrogens (primary N) is 1. The number of nitrogen functional groups attached to an aromatic ring is 1. The minimum Gasteiger partial charge on any atom is -0.496 e. The molecule has 6 heteroatoms. The van der Waals surface area contributed by atoms with Crippen LogP contribution in [-0.2, 0) is 0 Å². The smallest absolute Gasteiger partial charge is 0.143 e. The number of aryl methyl sites for hydroxylation is 1. The average molecular weight is 414 g/mol. The first kappa shape index (κ1) is 15.9. The van der Waals surface area contributed by atoms with Gasteiger partial charge in [-0.05, 0) is 68.6 Å². The number of amidine groups is 1. The quantitative estimate of drug-likeness (QED) is 0.568. The molecule has 0 amide bonds. The average Bonchev–Trinajstić information content (AvgIpc) is 2.42. The maximum absolute atomic E-state index is 7.63. The maximum atomic E-state index is 7.63. The van der Waals surface area contributed by atoms with Crippen molar-refractivity contribution in [2.45, 2.75) is 6.92 Å². The number of ether oxygens (including phenoxy) is 2. The first-order valence-corrected chi connectivity index (χ1v) is 7.67. The fourth-order valence-corrected chi connectivity index (χ4v) is 2.69. The van der Waals surface area contributed by atoms with Gasteiger partial charge in [0.2, 0.25) is 0 Å². The molecule has 0 unspecified atom stereocenters. The summed E-state index contributed by atoms with van der Waals surface area (Å²) >= 11 is 6.87. The summed E-state index contributed by atoms with van der Waals surface area (Å²) in [5.41, 5.74) is 7.18. The molecular formula is C15H14Br2N2O2. The molecule has 2 aromatic rings. The summed E-state index contributed by atoms with van der Waals surface area (Å²) in [6, 6.07) is 9.13. The van der Waals surface area contributed by atoms with E-state index in [2.05, 4.69) is 31.9 Å². The number of hydrogen-bond donors (Lipinski definition) is 2. The Morgan fingerprint density at radius 2 is 1.67 bits per heavy atom. The van der Waals surface area contributed by atoms with Crippen LogP contribution < -0.4 is 15.2 Å². The third-order valence-electron chi connectivity index (χ3n) is 2.85. The van der Waals surface area contributed by atoms with Gasteiger partial charge in [-0.25, -0.2) is 0 Å². The molecule has 21 heavy (non-hydrogen) atoms. The van der Waals surface area contributed by atoms with E-state index in [0.29, 0.717) is 22.8 Å². The van der Waals surface area contributed by atoms with Gasteiger partial charge in [-0.15, -0.1) is 0 Å². The number of halogens is 2. The Morgan fingerprint density at radius 1 is 1.05 bits per heavy atom. The lowest BCUT2D eigenvalue weighted by Gasteiger charge is -2.14. The summed E-state index contributed by atoms with van der Waals surface area (Å²) in [7, 11) is 1.60. The van der Waals surface area contributed by atoms with Gasteiger partial charge in [-0.3, -0.25) is 5.41 Å². The van der Waals surface area contributed by atoms with E-state index in [9.17, 15) is 0 Å². The Balaban J connectivity index is 2.45. The summed E-state index contributed by atoms with van der Waals surface area (Å²) in [4.78, 5) is 0. The molecule has 0 aliphatic heterocycles. The van der Waals surface area contributed by atoms with E-state index in [1.807, 2.05) is 25.1 Å². The van der Waals surface area contributed by atoms with Crippen LogP contribution in [0.5, 0.6) is 17.2 Å². The van der Waals surface area contributed by atoms with Crippen molar-refractivity contribution in [3.63, 3.8) is 0 Å². The molecule has 0 aliphatic carbocycles. The van der Waals surface area contributed by atoms with Crippen LogP contribution in [0.3, 0.4) is 0 Å². The standard InChI is InChI=1S/C15H14Br2N2O2/c1-8-3-4-9(15(18)19)12(5-8)21-14-7-10(16)13(20-2)6-11(14)17/h3-7H,1-2H3,(H3,18,19). The fourth-order valence-electron chi connectivity index (χ4n) is 1.80. The van der Waals surface area contributed by atoms with Gasteiger partial charge in [0.1, 0.15) is 23.1 Å². The Hall–Kier alpha value is -1.53. The normalized spacial score (nSPS) is 10.3. The number of benzene rings is 2. The number of nitrogens with one attached hydrogen (secondary N) is 1. The Labute approximate surface area is 140 Å². The summed E-state index contributed by atoms with van der Waals surface area (Å²) in [5.74, 6) is 1.81. The molecule has 0 aliphatic rings. The van der Waals surface area contributed by atoms with E-state index < -0.39 is 0 Å². The number of methoxy groups -OCH3 is 1. The van der Waals surface area contributed by atoms with Crippen molar-refractivity contribution in [2.24, 2.45) is 5.73 Å². The van der Waals surface area contributed by atoms with Crippen molar-refractivity contribution in [3.05, 3.63) is 50.4 Å². The second-order valence-electron chi connectivity index (χ2n) is 4.43. The first-order valence-electron chi connectivity index (χ1n) is 6.08. The molecule has 0 fully saturated rings. The number of rotatable bonds is 4. The van der Waals surface area contributed by atoms with E-state index in [4.69, 9.17) is 20.6 Å². The third kappa shape index (κ3) is 3.57. The van der Waals surface area contributed by atoms with Crippen molar-refractivity contribution < 1.29 is 9.47 Å². The van der Waals surface area contributed by atoms with E-state index in [-0.39, 0.29) is 5.84 Å². The summed E-state index contributed by atoms with van der Waals surface area (Å²) in [6.07, 6.45) is 0. The van der Waals surface area contributed by atoms with Crippen molar-refractivity contribution >= 4 is 37.7 Å². The van der Waals surface area contributed by atoms with Gasteiger partial charge in [0.15, 0.2) is 0 Å². The summed E-state index contributed by atoms with van der Waals surface area (Å²) in [5, 5.41) is 7.63. The van der Waals surface area contributed by atoms with Crippen LogP contribution in [0, 0.1) is 12.3 Å². The lowest BCUT2D eigenvalue weighted by atomic mass is 10.1. The van der Waals surface area contributed by atoms with Gasteiger partial charge < -0.3 is 15.2 Å². The van der Waals surface area contributed by atoms with Crippen LogP contribution in [0.1, 0.15) is 11.1 Å². The van der Waals surface area contributed by atoms with E-state index >= 15 is 0 Å². The van der Waals surface area contributed by atoms with Crippen molar-refractivity contribution in [1.82, 2.24) is 0 Å². The predicted molar refractivity (Wildman–Crippen MR) is 90.7 cm³/mol. The van der Waals surface area contributed by atoms with Crippen LogP contribution >= 0.6 is 31.9 Å². The van der Waals surface area contributed by atoms with Crippen LogP contribution in [0.2, 0.25) is 0 Å². The van der Waals surface area contributed by atoms with E-state index in [1.54, 1.807) is 19.2 Å². The molecule has 0 aromatic heterocycles. The second-order valence-corrected chi connectivity index (χ2v) is 6.14. The van der Waals surface area contributed by atoms with Crippen LogP contribution in [0.15, 0.2) is 39.3 Å². The molecular weight excluding hydrogens is 400 g/mol. The topological polar surface area (TPSA) is 68.3 Å². The summed E-state index contributed by atoms with van der Waals surface area (Å²) < 4.78 is 12.7. The molecule has 0 atom stereocenters. The zero-order valence-corrected chi connectivity index (χ0v) is 14.7.